The van der Waals surface area contributed by atoms with E-state index in [2.05, 4.69) is 16.7 Å². The maximum absolute atomic E-state index is 12.4. The number of carbonyl (C=O) groups is 2. The molecule has 0 aromatic heterocycles. The highest BCUT2D eigenvalue weighted by Crippen LogP contribution is 2.36. The van der Waals surface area contributed by atoms with Gasteiger partial charge in [0.1, 0.15) is 12.4 Å². The number of benzene rings is 2. The summed E-state index contributed by atoms with van der Waals surface area (Å²) in [4.78, 5) is 24.8. The van der Waals surface area contributed by atoms with Crippen molar-refractivity contribution in [1.82, 2.24) is 10.6 Å². The van der Waals surface area contributed by atoms with Crippen LogP contribution in [0.2, 0.25) is 0 Å². The van der Waals surface area contributed by atoms with Crippen molar-refractivity contribution in [3.63, 3.8) is 0 Å². The van der Waals surface area contributed by atoms with Gasteiger partial charge in [0.25, 0.3) is 0 Å². The molecule has 4 rings (SSSR count). The van der Waals surface area contributed by atoms with Crippen LogP contribution in [0.5, 0.6) is 5.75 Å². The summed E-state index contributed by atoms with van der Waals surface area (Å²) in [5.74, 6) is 0.354. The molecule has 1 heterocycles. The molecule has 2 N–H and O–H groups in total. The van der Waals surface area contributed by atoms with Crippen molar-refractivity contribution in [3.05, 3.63) is 76.3 Å². The fourth-order valence-electron chi connectivity index (χ4n) is 4.41. The van der Waals surface area contributed by atoms with Crippen LogP contribution in [-0.2, 0) is 16.2 Å². The van der Waals surface area contributed by atoms with E-state index in [1.807, 2.05) is 54.6 Å². The molecule has 7 heteroatoms. The molecule has 1 aliphatic carbocycles. The standard InChI is InChI=1S/C27H29N3O3S/c28-16-24-23(20-11-13-22(14-12-20)33-17-19-7-3-1-4-8-19)15-25(31)30-27(24)34-18-26(32)29-21-9-5-2-6-10-21/h1,3-4,7-8,11-14,21,23H,2,5-6,9-10,15,17-18H2,(H,29,32)(H,30,31)/t23-/m0/s1. The lowest BCUT2D eigenvalue weighted by Gasteiger charge is -2.26. The maximum Gasteiger partial charge on any atom is 0.230 e. The Kier molecular flexibility index (Phi) is 8.26. The summed E-state index contributed by atoms with van der Waals surface area (Å²) in [6.07, 6.45) is 5.77. The van der Waals surface area contributed by atoms with Gasteiger partial charge in [0, 0.05) is 18.4 Å². The smallest absolute Gasteiger partial charge is 0.230 e. The maximum atomic E-state index is 12.4. The van der Waals surface area contributed by atoms with Crippen molar-refractivity contribution >= 4 is 23.6 Å². The van der Waals surface area contributed by atoms with Gasteiger partial charge in [-0.2, -0.15) is 5.26 Å². The molecule has 176 valence electrons. The Labute approximate surface area is 204 Å². The lowest BCUT2D eigenvalue weighted by atomic mass is 9.87. The van der Waals surface area contributed by atoms with Crippen LogP contribution in [0.15, 0.2) is 65.2 Å². The predicted molar refractivity (Wildman–Crippen MR) is 133 cm³/mol. The van der Waals surface area contributed by atoms with Gasteiger partial charge in [0.05, 0.1) is 22.4 Å². The van der Waals surface area contributed by atoms with Crippen molar-refractivity contribution in [2.45, 2.75) is 57.1 Å². The number of ether oxygens (including phenoxy) is 1. The molecule has 1 fully saturated rings. The zero-order valence-electron chi connectivity index (χ0n) is 19.1. The number of allylic oxidation sites excluding steroid dienone is 1. The first-order valence-electron chi connectivity index (χ1n) is 11.8. The van der Waals surface area contributed by atoms with Crippen LogP contribution < -0.4 is 15.4 Å². The number of nitriles is 1. The molecular formula is C27H29N3O3S. The lowest BCUT2D eigenvalue weighted by Crippen LogP contribution is -2.38. The number of nitrogens with zero attached hydrogens (tertiary/aromatic N) is 1. The van der Waals surface area contributed by atoms with Crippen molar-refractivity contribution in [2.24, 2.45) is 0 Å². The minimum absolute atomic E-state index is 0.0574. The first-order chi connectivity index (χ1) is 16.6. The Hall–Kier alpha value is -3.24. The molecule has 2 amide bonds. The van der Waals surface area contributed by atoms with Crippen molar-refractivity contribution in [1.29, 1.82) is 5.26 Å². The molecule has 0 bridgehead atoms. The Balaban J connectivity index is 1.40. The quantitative estimate of drug-likeness (QED) is 0.573. The molecule has 0 unspecified atom stereocenters. The molecule has 2 aliphatic rings. The van der Waals surface area contributed by atoms with E-state index in [1.54, 1.807) is 0 Å². The molecule has 1 saturated carbocycles. The molecule has 0 saturated heterocycles. The summed E-state index contributed by atoms with van der Waals surface area (Å²) in [5, 5.41) is 16.2. The number of hydrogen-bond donors (Lipinski definition) is 2. The van der Waals surface area contributed by atoms with Crippen LogP contribution in [0.1, 0.15) is 55.6 Å². The zero-order valence-corrected chi connectivity index (χ0v) is 19.9. The van der Waals surface area contributed by atoms with Gasteiger partial charge >= 0.3 is 0 Å². The van der Waals surface area contributed by atoms with E-state index >= 15 is 0 Å². The van der Waals surface area contributed by atoms with Gasteiger partial charge in [0.2, 0.25) is 11.8 Å². The second-order valence-electron chi connectivity index (χ2n) is 8.69. The summed E-state index contributed by atoms with van der Waals surface area (Å²) >= 11 is 1.23. The second-order valence-corrected chi connectivity index (χ2v) is 9.68. The van der Waals surface area contributed by atoms with Crippen molar-refractivity contribution in [2.75, 3.05) is 5.75 Å². The summed E-state index contributed by atoms with van der Waals surface area (Å²) in [7, 11) is 0. The van der Waals surface area contributed by atoms with Gasteiger partial charge in [-0.25, -0.2) is 0 Å². The molecule has 0 radical (unpaired) electrons. The van der Waals surface area contributed by atoms with Gasteiger partial charge in [-0.1, -0.05) is 73.5 Å². The van der Waals surface area contributed by atoms with E-state index in [0.29, 0.717) is 17.2 Å². The first-order valence-corrected chi connectivity index (χ1v) is 12.7. The third kappa shape index (κ3) is 6.42. The molecule has 0 spiro atoms. The summed E-state index contributed by atoms with van der Waals surface area (Å²) in [6, 6.07) is 20.0. The minimum Gasteiger partial charge on any atom is -0.489 e. The van der Waals surface area contributed by atoms with E-state index in [4.69, 9.17) is 4.74 Å². The number of rotatable bonds is 8. The number of nitrogens with one attached hydrogen (secondary N) is 2. The lowest BCUT2D eigenvalue weighted by molar-refractivity contribution is -0.121. The van der Waals surface area contributed by atoms with Gasteiger partial charge in [-0.3, -0.25) is 9.59 Å². The van der Waals surface area contributed by atoms with Crippen molar-refractivity contribution in [3.8, 4) is 11.8 Å². The highest BCUT2D eigenvalue weighted by atomic mass is 32.2. The molecule has 2 aromatic rings. The minimum atomic E-state index is -0.342. The third-order valence-corrected chi connectivity index (χ3v) is 7.22. The molecule has 1 atom stereocenters. The third-order valence-electron chi connectivity index (χ3n) is 6.20. The van der Waals surface area contributed by atoms with Crippen LogP contribution >= 0.6 is 11.8 Å². The van der Waals surface area contributed by atoms with E-state index in [1.165, 1.54) is 18.2 Å². The molecule has 34 heavy (non-hydrogen) atoms. The van der Waals surface area contributed by atoms with Gasteiger partial charge < -0.3 is 15.4 Å². The fraction of sp³-hybridized carbons (Fsp3) is 0.370. The number of carbonyl (C=O) groups excluding carboxylic acids is 2. The van der Waals surface area contributed by atoms with Crippen molar-refractivity contribution < 1.29 is 14.3 Å². The molecule has 1 aliphatic heterocycles. The zero-order chi connectivity index (χ0) is 23.8. The average molecular weight is 476 g/mol. The number of amides is 2. The normalized spacial score (nSPS) is 18.7. The summed E-state index contributed by atoms with van der Waals surface area (Å²) in [5.41, 5.74) is 2.45. The monoisotopic (exact) mass is 475 g/mol. The Bertz CT molecular complexity index is 1070. The van der Waals surface area contributed by atoms with Gasteiger partial charge in [-0.05, 0) is 36.1 Å². The predicted octanol–water partition coefficient (Wildman–Crippen LogP) is 4.79. The van der Waals surface area contributed by atoms with Crippen LogP contribution in [0.4, 0.5) is 0 Å². The van der Waals surface area contributed by atoms with Gasteiger partial charge in [-0.15, -0.1) is 0 Å². The molecule has 6 nitrogen and oxygen atoms in total. The highest BCUT2D eigenvalue weighted by molar-refractivity contribution is 8.03. The van der Waals surface area contributed by atoms with E-state index in [0.717, 1.165) is 42.6 Å². The topological polar surface area (TPSA) is 91.2 Å². The van der Waals surface area contributed by atoms with E-state index < -0.39 is 0 Å². The van der Waals surface area contributed by atoms with Crippen LogP contribution in [-0.4, -0.2) is 23.6 Å². The largest absolute Gasteiger partial charge is 0.489 e. The number of hydrogen-bond acceptors (Lipinski definition) is 5. The average Bonchev–Trinajstić information content (AvgIpc) is 2.87. The molecular weight excluding hydrogens is 446 g/mol. The van der Waals surface area contributed by atoms with Crippen LogP contribution in [0.25, 0.3) is 0 Å². The van der Waals surface area contributed by atoms with E-state index in [9.17, 15) is 14.9 Å². The van der Waals surface area contributed by atoms with Crippen LogP contribution in [0, 0.1) is 11.3 Å². The Morgan fingerprint density at radius 3 is 2.53 bits per heavy atom. The molecule has 2 aromatic carbocycles. The number of thioether (sulfide) groups is 1. The highest BCUT2D eigenvalue weighted by Gasteiger charge is 2.30. The second kappa shape index (κ2) is 11.8. The Morgan fingerprint density at radius 2 is 1.82 bits per heavy atom. The SMILES string of the molecule is N#CC1=C(SCC(=O)NC2CCCCC2)NC(=O)C[C@H]1c1ccc(OCc2ccccc2)cc1. The van der Waals surface area contributed by atoms with Crippen LogP contribution in [0.3, 0.4) is 0 Å². The first kappa shape index (κ1) is 23.9. The van der Waals surface area contributed by atoms with Gasteiger partial charge in [0.15, 0.2) is 0 Å². The Morgan fingerprint density at radius 1 is 1.09 bits per heavy atom. The summed E-state index contributed by atoms with van der Waals surface area (Å²) < 4.78 is 5.85. The summed E-state index contributed by atoms with van der Waals surface area (Å²) in [6.45, 7) is 0.471. The van der Waals surface area contributed by atoms with E-state index in [-0.39, 0.29) is 35.9 Å². The fourth-order valence-corrected chi connectivity index (χ4v) is 5.30.